The number of amides is 1. The molecule has 0 aliphatic carbocycles. The minimum atomic E-state index is -3.36. The number of rotatable bonds is 6. The Balaban J connectivity index is 1.64. The van der Waals surface area contributed by atoms with Gasteiger partial charge in [-0.3, -0.25) is 9.10 Å². The second-order valence-corrected chi connectivity index (χ2v) is 8.34. The summed E-state index contributed by atoms with van der Waals surface area (Å²) in [5.74, 6) is 0.946. The smallest absolute Gasteiger partial charge is 0.262 e. The maximum atomic E-state index is 12.1. The highest BCUT2D eigenvalue weighted by atomic mass is 35.5. The summed E-state index contributed by atoms with van der Waals surface area (Å²) in [6, 6.07) is 11.6. The summed E-state index contributed by atoms with van der Waals surface area (Å²) in [4.78, 5) is 12.1. The summed E-state index contributed by atoms with van der Waals surface area (Å²) in [5, 5.41) is 3.00. The van der Waals surface area contributed by atoms with Gasteiger partial charge in [0.2, 0.25) is 10.0 Å². The number of methoxy groups -OCH3 is 1. The second-order valence-electron chi connectivity index (χ2n) is 5.92. The predicted octanol–water partition coefficient (Wildman–Crippen LogP) is 2.91. The maximum Gasteiger partial charge on any atom is 0.262 e. The molecule has 1 heterocycles. The SMILES string of the molecule is COc1ccc(OCC(=O)Nc2ccc(Cl)c(N3CCCS3(=O)=O)c2)cc1. The monoisotopic (exact) mass is 410 g/mol. The molecule has 7 nitrogen and oxygen atoms in total. The number of benzene rings is 2. The van der Waals surface area contributed by atoms with Gasteiger partial charge in [-0.1, -0.05) is 11.6 Å². The molecular weight excluding hydrogens is 392 g/mol. The summed E-state index contributed by atoms with van der Waals surface area (Å²) in [6.45, 7) is 0.187. The van der Waals surface area contributed by atoms with Crippen molar-refractivity contribution in [2.24, 2.45) is 0 Å². The Kier molecular flexibility index (Phi) is 5.76. The number of hydrogen-bond donors (Lipinski definition) is 1. The summed E-state index contributed by atoms with van der Waals surface area (Å²) in [7, 11) is -1.79. The fourth-order valence-corrected chi connectivity index (χ4v) is 4.55. The van der Waals surface area contributed by atoms with Crippen LogP contribution in [0.5, 0.6) is 11.5 Å². The molecule has 27 heavy (non-hydrogen) atoms. The Morgan fingerprint density at radius 1 is 1.19 bits per heavy atom. The van der Waals surface area contributed by atoms with Crippen molar-refractivity contribution in [2.75, 3.05) is 35.6 Å². The van der Waals surface area contributed by atoms with Gasteiger partial charge in [-0.2, -0.15) is 0 Å². The Morgan fingerprint density at radius 2 is 1.89 bits per heavy atom. The van der Waals surface area contributed by atoms with Crippen LogP contribution in [0.2, 0.25) is 5.02 Å². The quantitative estimate of drug-likeness (QED) is 0.791. The Labute approximate surface area is 162 Å². The fraction of sp³-hybridized carbons (Fsp3) is 0.278. The average molecular weight is 411 g/mol. The van der Waals surface area contributed by atoms with E-state index in [1.165, 1.54) is 4.31 Å². The van der Waals surface area contributed by atoms with Gasteiger partial charge < -0.3 is 14.8 Å². The van der Waals surface area contributed by atoms with E-state index in [1.54, 1.807) is 49.6 Å². The number of carbonyl (C=O) groups is 1. The summed E-state index contributed by atoms with van der Waals surface area (Å²) >= 11 is 6.15. The van der Waals surface area contributed by atoms with Gasteiger partial charge in [0, 0.05) is 12.2 Å². The highest BCUT2D eigenvalue weighted by Gasteiger charge is 2.30. The normalized spacial score (nSPS) is 15.4. The van der Waals surface area contributed by atoms with Crippen LogP contribution in [0.4, 0.5) is 11.4 Å². The first kappa shape index (κ1) is 19.3. The van der Waals surface area contributed by atoms with Crippen LogP contribution in [-0.4, -0.2) is 40.3 Å². The van der Waals surface area contributed by atoms with E-state index in [4.69, 9.17) is 21.1 Å². The summed E-state index contributed by atoms with van der Waals surface area (Å²) in [6.07, 6.45) is 0.547. The van der Waals surface area contributed by atoms with Crippen molar-refractivity contribution in [1.29, 1.82) is 0 Å². The Morgan fingerprint density at radius 3 is 2.52 bits per heavy atom. The molecule has 1 amide bonds. The van der Waals surface area contributed by atoms with Gasteiger partial charge in [-0.15, -0.1) is 0 Å². The molecule has 0 radical (unpaired) electrons. The van der Waals surface area contributed by atoms with E-state index in [-0.39, 0.29) is 18.3 Å². The van der Waals surface area contributed by atoms with Crippen molar-refractivity contribution >= 4 is 38.9 Å². The van der Waals surface area contributed by atoms with Gasteiger partial charge in [0.15, 0.2) is 6.61 Å². The summed E-state index contributed by atoms with van der Waals surface area (Å²) in [5.41, 5.74) is 0.808. The van der Waals surface area contributed by atoms with Gasteiger partial charge >= 0.3 is 0 Å². The van der Waals surface area contributed by atoms with E-state index in [9.17, 15) is 13.2 Å². The van der Waals surface area contributed by atoms with Crippen LogP contribution in [0, 0.1) is 0 Å². The first-order chi connectivity index (χ1) is 12.9. The molecular formula is C18H19ClN2O5S. The molecule has 2 aromatic carbocycles. The largest absolute Gasteiger partial charge is 0.497 e. The lowest BCUT2D eigenvalue weighted by Crippen LogP contribution is -2.26. The zero-order valence-electron chi connectivity index (χ0n) is 14.6. The van der Waals surface area contributed by atoms with E-state index >= 15 is 0 Å². The van der Waals surface area contributed by atoms with Crippen molar-refractivity contribution in [2.45, 2.75) is 6.42 Å². The third kappa shape index (κ3) is 4.64. The van der Waals surface area contributed by atoms with Gasteiger partial charge in [0.25, 0.3) is 5.91 Å². The molecule has 0 aromatic heterocycles. The Hall–Kier alpha value is -2.45. The van der Waals surface area contributed by atoms with Crippen LogP contribution >= 0.6 is 11.6 Å². The molecule has 0 saturated carbocycles. The van der Waals surface area contributed by atoms with Gasteiger partial charge in [-0.25, -0.2) is 8.42 Å². The third-order valence-electron chi connectivity index (χ3n) is 4.03. The van der Waals surface area contributed by atoms with E-state index < -0.39 is 10.0 Å². The fourth-order valence-electron chi connectivity index (χ4n) is 2.71. The lowest BCUT2D eigenvalue weighted by atomic mass is 10.2. The second kappa shape index (κ2) is 8.06. The number of halogens is 1. The predicted molar refractivity (Wildman–Crippen MR) is 104 cm³/mol. The van der Waals surface area contributed by atoms with E-state index in [0.29, 0.717) is 40.9 Å². The molecule has 1 N–H and O–H groups in total. The topological polar surface area (TPSA) is 84.9 Å². The Bertz CT molecular complexity index is 931. The number of nitrogens with zero attached hydrogens (tertiary/aromatic N) is 1. The zero-order valence-corrected chi connectivity index (χ0v) is 16.2. The third-order valence-corrected chi connectivity index (χ3v) is 6.20. The van der Waals surface area contributed by atoms with Crippen molar-refractivity contribution in [3.8, 4) is 11.5 Å². The molecule has 1 aliphatic rings. The number of hydrogen-bond acceptors (Lipinski definition) is 5. The van der Waals surface area contributed by atoms with E-state index in [2.05, 4.69) is 5.32 Å². The number of nitrogens with one attached hydrogen (secondary N) is 1. The molecule has 0 atom stereocenters. The molecule has 2 aromatic rings. The molecule has 1 aliphatic heterocycles. The average Bonchev–Trinajstić information content (AvgIpc) is 3.01. The standard InChI is InChI=1S/C18H19ClN2O5S/c1-25-14-4-6-15(7-5-14)26-12-18(22)20-13-3-8-16(19)17(11-13)21-9-2-10-27(21,23)24/h3-8,11H,2,9-10,12H2,1H3,(H,20,22). The van der Waals surface area contributed by atoms with Crippen LogP contribution in [-0.2, 0) is 14.8 Å². The maximum absolute atomic E-state index is 12.1. The molecule has 0 unspecified atom stereocenters. The summed E-state index contributed by atoms with van der Waals surface area (Å²) < 4.78 is 36.0. The number of sulfonamides is 1. The van der Waals surface area contributed by atoms with Crippen LogP contribution in [0.1, 0.15) is 6.42 Å². The number of ether oxygens (including phenoxy) is 2. The van der Waals surface area contributed by atoms with Crippen LogP contribution in [0.25, 0.3) is 0 Å². The number of anilines is 2. The van der Waals surface area contributed by atoms with Gasteiger partial charge in [0.1, 0.15) is 11.5 Å². The molecule has 0 spiro atoms. The van der Waals surface area contributed by atoms with Crippen molar-refractivity contribution in [1.82, 2.24) is 0 Å². The van der Waals surface area contributed by atoms with Crippen molar-refractivity contribution < 1.29 is 22.7 Å². The molecule has 0 bridgehead atoms. The lowest BCUT2D eigenvalue weighted by Gasteiger charge is -2.19. The minimum absolute atomic E-state index is 0.0929. The van der Waals surface area contributed by atoms with E-state index in [0.717, 1.165) is 0 Å². The highest BCUT2D eigenvalue weighted by Crippen LogP contribution is 2.33. The molecule has 3 rings (SSSR count). The molecule has 144 valence electrons. The van der Waals surface area contributed by atoms with Crippen molar-refractivity contribution in [3.05, 3.63) is 47.5 Å². The number of carbonyl (C=O) groups excluding carboxylic acids is 1. The van der Waals surface area contributed by atoms with Gasteiger partial charge in [0.05, 0.1) is 23.6 Å². The molecule has 1 saturated heterocycles. The highest BCUT2D eigenvalue weighted by molar-refractivity contribution is 7.93. The lowest BCUT2D eigenvalue weighted by molar-refractivity contribution is -0.118. The van der Waals surface area contributed by atoms with Gasteiger partial charge in [-0.05, 0) is 48.9 Å². The van der Waals surface area contributed by atoms with Crippen LogP contribution < -0.4 is 19.1 Å². The minimum Gasteiger partial charge on any atom is -0.497 e. The van der Waals surface area contributed by atoms with Crippen molar-refractivity contribution in [3.63, 3.8) is 0 Å². The van der Waals surface area contributed by atoms with E-state index in [1.807, 2.05) is 0 Å². The van der Waals surface area contributed by atoms with Crippen LogP contribution in [0.3, 0.4) is 0 Å². The zero-order chi connectivity index (χ0) is 19.4. The first-order valence-electron chi connectivity index (χ1n) is 8.26. The molecule has 9 heteroatoms. The van der Waals surface area contributed by atoms with Crippen LogP contribution in [0.15, 0.2) is 42.5 Å². The molecule has 1 fully saturated rings. The first-order valence-corrected chi connectivity index (χ1v) is 10.2.